The van der Waals surface area contributed by atoms with Gasteiger partial charge in [0.05, 0.1) is 0 Å². The molecule has 18 heavy (non-hydrogen) atoms. The first-order chi connectivity index (χ1) is 8.66. The van der Waals surface area contributed by atoms with Crippen molar-refractivity contribution in [2.24, 2.45) is 0 Å². The summed E-state index contributed by atoms with van der Waals surface area (Å²) in [5, 5.41) is 11.8. The molecule has 3 nitrogen and oxygen atoms in total. The fourth-order valence-corrected chi connectivity index (χ4v) is 1.73. The van der Waals surface area contributed by atoms with Crippen LogP contribution in [0.15, 0.2) is 54.6 Å². The molecular weight excluding hydrogens is 226 g/mol. The zero-order chi connectivity index (χ0) is 13.0. The summed E-state index contributed by atoms with van der Waals surface area (Å²) < 4.78 is 0. The van der Waals surface area contributed by atoms with Gasteiger partial charge in [0.25, 0.3) is 0 Å². The average Bonchev–Trinajstić information content (AvgIpc) is 2.40. The van der Waals surface area contributed by atoms with Crippen molar-refractivity contribution in [1.29, 1.82) is 0 Å². The maximum Gasteiger partial charge on any atom is 0.325 e. The van der Waals surface area contributed by atoms with Gasteiger partial charge in [-0.05, 0) is 30.2 Å². The molecule has 1 unspecified atom stereocenters. The quantitative estimate of drug-likeness (QED) is 0.864. The zero-order valence-electron chi connectivity index (χ0n) is 10.1. The van der Waals surface area contributed by atoms with Crippen LogP contribution in [0.3, 0.4) is 0 Å². The number of hydrogen-bond donors (Lipinski definition) is 2. The molecule has 3 heteroatoms. The van der Waals surface area contributed by atoms with E-state index in [4.69, 9.17) is 5.11 Å². The van der Waals surface area contributed by atoms with E-state index in [1.807, 2.05) is 54.6 Å². The number of anilines is 1. The Labute approximate surface area is 106 Å². The standard InChI is InChI=1S/C15H15NO2/c1-11(15(17)18)16-14-9-5-8-13(10-14)12-6-3-2-4-7-12/h2-11,16H,1H3,(H,17,18). The highest BCUT2D eigenvalue weighted by molar-refractivity contribution is 5.77. The molecule has 0 aliphatic heterocycles. The van der Waals surface area contributed by atoms with E-state index >= 15 is 0 Å². The molecule has 0 aromatic heterocycles. The van der Waals surface area contributed by atoms with Crippen LogP contribution in [0.25, 0.3) is 11.1 Å². The molecule has 2 aromatic rings. The van der Waals surface area contributed by atoms with Crippen molar-refractivity contribution in [3.8, 4) is 11.1 Å². The van der Waals surface area contributed by atoms with Crippen LogP contribution in [0.2, 0.25) is 0 Å². The lowest BCUT2D eigenvalue weighted by molar-refractivity contribution is -0.137. The number of aliphatic carboxylic acids is 1. The molecule has 2 aromatic carbocycles. The Morgan fingerprint density at radius 2 is 1.72 bits per heavy atom. The van der Waals surface area contributed by atoms with Crippen molar-refractivity contribution in [3.05, 3.63) is 54.6 Å². The SMILES string of the molecule is CC(Nc1cccc(-c2ccccc2)c1)C(=O)O. The lowest BCUT2D eigenvalue weighted by Crippen LogP contribution is -2.25. The Kier molecular flexibility index (Phi) is 3.63. The summed E-state index contributed by atoms with van der Waals surface area (Å²) in [5.41, 5.74) is 2.99. The molecule has 92 valence electrons. The molecule has 0 spiro atoms. The fourth-order valence-electron chi connectivity index (χ4n) is 1.73. The van der Waals surface area contributed by atoms with Gasteiger partial charge in [-0.2, -0.15) is 0 Å². The Bertz CT molecular complexity index is 537. The van der Waals surface area contributed by atoms with Gasteiger partial charge in [-0.25, -0.2) is 0 Å². The zero-order valence-corrected chi connectivity index (χ0v) is 10.1. The van der Waals surface area contributed by atoms with E-state index in [1.54, 1.807) is 6.92 Å². The summed E-state index contributed by atoms with van der Waals surface area (Å²) in [4.78, 5) is 10.8. The number of nitrogens with one attached hydrogen (secondary N) is 1. The van der Waals surface area contributed by atoms with Crippen LogP contribution in [0.5, 0.6) is 0 Å². The van der Waals surface area contributed by atoms with Gasteiger partial charge in [-0.1, -0.05) is 42.5 Å². The average molecular weight is 241 g/mol. The van der Waals surface area contributed by atoms with Gasteiger partial charge in [0.1, 0.15) is 6.04 Å². The van der Waals surface area contributed by atoms with E-state index < -0.39 is 12.0 Å². The summed E-state index contributed by atoms with van der Waals surface area (Å²) >= 11 is 0. The van der Waals surface area contributed by atoms with Gasteiger partial charge in [-0.3, -0.25) is 4.79 Å². The van der Waals surface area contributed by atoms with Crippen molar-refractivity contribution in [3.63, 3.8) is 0 Å². The molecule has 0 aliphatic rings. The highest BCUT2D eigenvalue weighted by atomic mass is 16.4. The Morgan fingerprint density at radius 1 is 1.06 bits per heavy atom. The highest BCUT2D eigenvalue weighted by Crippen LogP contribution is 2.22. The Morgan fingerprint density at radius 3 is 2.39 bits per heavy atom. The molecule has 0 fully saturated rings. The van der Waals surface area contributed by atoms with Crippen LogP contribution in [-0.4, -0.2) is 17.1 Å². The van der Waals surface area contributed by atoms with Crippen LogP contribution < -0.4 is 5.32 Å². The number of hydrogen-bond acceptors (Lipinski definition) is 2. The van der Waals surface area contributed by atoms with E-state index in [2.05, 4.69) is 5.32 Å². The number of carboxylic acid groups (broad SMARTS) is 1. The molecule has 0 radical (unpaired) electrons. The van der Waals surface area contributed by atoms with Gasteiger partial charge in [-0.15, -0.1) is 0 Å². The largest absolute Gasteiger partial charge is 0.480 e. The number of carboxylic acids is 1. The molecule has 0 heterocycles. The second-order valence-corrected chi connectivity index (χ2v) is 4.15. The minimum atomic E-state index is -0.861. The maximum atomic E-state index is 10.8. The lowest BCUT2D eigenvalue weighted by atomic mass is 10.1. The summed E-state index contributed by atoms with van der Waals surface area (Å²) in [6.07, 6.45) is 0. The first-order valence-corrected chi connectivity index (χ1v) is 5.81. The van der Waals surface area contributed by atoms with Gasteiger partial charge in [0.2, 0.25) is 0 Å². The summed E-state index contributed by atoms with van der Waals surface area (Å²) in [5.74, 6) is -0.861. The highest BCUT2D eigenvalue weighted by Gasteiger charge is 2.10. The normalized spacial score (nSPS) is 11.8. The summed E-state index contributed by atoms with van der Waals surface area (Å²) in [6.45, 7) is 1.62. The van der Waals surface area contributed by atoms with Gasteiger partial charge >= 0.3 is 5.97 Å². The molecular formula is C15H15NO2. The van der Waals surface area contributed by atoms with Crippen molar-refractivity contribution < 1.29 is 9.90 Å². The monoisotopic (exact) mass is 241 g/mol. The van der Waals surface area contributed by atoms with Gasteiger partial charge in [0.15, 0.2) is 0 Å². The molecule has 0 saturated carbocycles. The summed E-state index contributed by atoms with van der Waals surface area (Å²) in [6, 6.07) is 17.1. The summed E-state index contributed by atoms with van der Waals surface area (Å²) in [7, 11) is 0. The minimum Gasteiger partial charge on any atom is -0.480 e. The van der Waals surface area contributed by atoms with Crippen LogP contribution in [0.4, 0.5) is 5.69 Å². The molecule has 0 amide bonds. The lowest BCUT2D eigenvalue weighted by Gasteiger charge is -2.12. The van der Waals surface area contributed by atoms with Gasteiger partial charge in [0, 0.05) is 5.69 Å². The van der Waals surface area contributed by atoms with Crippen molar-refractivity contribution in [1.82, 2.24) is 0 Å². The van der Waals surface area contributed by atoms with Crippen LogP contribution in [0, 0.1) is 0 Å². The van der Waals surface area contributed by atoms with Crippen LogP contribution >= 0.6 is 0 Å². The maximum absolute atomic E-state index is 10.8. The van der Waals surface area contributed by atoms with Gasteiger partial charge < -0.3 is 10.4 Å². The predicted molar refractivity (Wildman–Crippen MR) is 72.6 cm³/mol. The molecule has 2 N–H and O–H groups in total. The van der Waals surface area contributed by atoms with Crippen LogP contribution in [-0.2, 0) is 4.79 Å². The first kappa shape index (κ1) is 12.2. The second kappa shape index (κ2) is 5.36. The van der Waals surface area contributed by atoms with E-state index in [-0.39, 0.29) is 0 Å². The van der Waals surface area contributed by atoms with E-state index in [9.17, 15) is 4.79 Å². The smallest absolute Gasteiger partial charge is 0.325 e. The van der Waals surface area contributed by atoms with E-state index in [1.165, 1.54) is 0 Å². The van der Waals surface area contributed by atoms with Crippen LogP contribution in [0.1, 0.15) is 6.92 Å². The number of rotatable bonds is 4. The van der Waals surface area contributed by atoms with Crippen molar-refractivity contribution >= 4 is 11.7 Å². The third kappa shape index (κ3) is 2.88. The fraction of sp³-hybridized carbons (Fsp3) is 0.133. The second-order valence-electron chi connectivity index (χ2n) is 4.15. The first-order valence-electron chi connectivity index (χ1n) is 5.81. The van der Waals surface area contributed by atoms with Crippen molar-refractivity contribution in [2.45, 2.75) is 13.0 Å². The number of benzene rings is 2. The third-order valence-corrected chi connectivity index (χ3v) is 2.72. The van der Waals surface area contributed by atoms with E-state index in [0.717, 1.165) is 16.8 Å². The minimum absolute atomic E-state index is 0.601. The third-order valence-electron chi connectivity index (χ3n) is 2.72. The molecule has 1 atom stereocenters. The Hall–Kier alpha value is -2.29. The molecule has 0 saturated heterocycles. The predicted octanol–water partition coefficient (Wildman–Crippen LogP) is 3.24. The van der Waals surface area contributed by atoms with E-state index in [0.29, 0.717) is 0 Å². The molecule has 0 aliphatic carbocycles. The number of carbonyl (C=O) groups is 1. The van der Waals surface area contributed by atoms with Crippen molar-refractivity contribution in [2.75, 3.05) is 5.32 Å². The topological polar surface area (TPSA) is 49.3 Å². The Balaban J connectivity index is 2.23. The molecule has 0 bridgehead atoms. The molecule has 2 rings (SSSR count).